The van der Waals surface area contributed by atoms with E-state index in [9.17, 15) is 44.1 Å². The lowest BCUT2D eigenvalue weighted by atomic mass is 9.89. The molecule has 21 heteroatoms. The van der Waals surface area contributed by atoms with Gasteiger partial charge in [-0.05, 0) is 55.2 Å². The van der Waals surface area contributed by atoms with Crippen molar-refractivity contribution in [1.82, 2.24) is 25.3 Å². The second kappa shape index (κ2) is 28.5. The van der Waals surface area contributed by atoms with Crippen LogP contribution in [0.25, 0.3) is 10.1 Å². The molecule has 20 nitrogen and oxygen atoms in total. The summed E-state index contributed by atoms with van der Waals surface area (Å²) in [7, 11) is 6.15. The summed E-state index contributed by atoms with van der Waals surface area (Å²) in [5.74, 6) is -3.96. The fraction of sp³-hybridized carbons (Fsp3) is 0.643. The average molecular weight is 1100 g/mol. The predicted molar refractivity (Wildman–Crippen MR) is 290 cm³/mol. The molecule has 0 spiro atoms. The van der Waals surface area contributed by atoms with Crippen molar-refractivity contribution in [3.8, 4) is 5.75 Å². The Morgan fingerprint density at radius 3 is 2.19 bits per heavy atom. The Morgan fingerprint density at radius 1 is 0.909 bits per heavy atom. The van der Waals surface area contributed by atoms with Crippen molar-refractivity contribution in [3.05, 3.63) is 64.5 Å². The van der Waals surface area contributed by atoms with Gasteiger partial charge >= 0.3 is 12.1 Å². The van der Waals surface area contributed by atoms with E-state index < -0.39 is 109 Å². The molecule has 3 aromatic rings. The Morgan fingerprint density at radius 2 is 1.60 bits per heavy atom. The molecule has 2 fully saturated rings. The van der Waals surface area contributed by atoms with E-state index in [1.54, 1.807) is 68.8 Å². The lowest BCUT2D eigenvalue weighted by molar-refractivity contribution is -0.195. The van der Waals surface area contributed by atoms with Gasteiger partial charge in [0.05, 0.1) is 54.9 Å². The number of ether oxygens (including phenoxy) is 5. The largest absolute Gasteiger partial charge is 0.479 e. The topological polar surface area (TPSA) is 269 Å². The summed E-state index contributed by atoms with van der Waals surface area (Å²) in [6.07, 6.45) is -4.41. The molecule has 428 valence electrons. The van der Waals surface area contributed by atoms with Gasteiger partial charge in [-0.1, -0.05) is 91.3 Å². The number of aliphatic hydroxyl groups excluding tert-OH is 2. The number of fused-ring (bicyclic) bond motifs is 1. The molecule has 3 heterocycles. The van der Waals surface area contributed by atoms with Crippen LogP contribution in [0.15, 0.2) is 48.5 Å². The van der Waals surface area contributed by atoms with Crippen molar-refractivity contribution in [2.24, 2.45) is 29.4 Å². The first-order valence-electron chi connectivity index (χ1n) is 26.8. The standard InChI is InChI=1S/C56H84N6O14S/c1-13-32(6)48(42(72-11)27-44(64)62-23-17-20-40(62)50(73-12)33(7)52(66)58-34(8)49(65)35-18-15-14-16-19-35)60(9)54(68)46(30(2)3)59-53(67)47(31(4)5)61(10)56(71)74-29-36-21-22-41(39-26-38(28-57)77-51(36)39)75-45-25-37(63)24-43(76-45)55(69)70/h14-16,18-19,21-22,26,30-34,37,40,42-43,45-50,63,65H,13,17,20,23-25,27-29,57H2,1-12H3,(H,58,66)(H,59,67)(H,69,70)/t32-,33+,34+,37-,40-,42+,43-,45+,46-,47-,48-,49+,50+/m0/s1. The number of rotatable bonds is 26. The van der Waals surface area contributed by atoms with Gasteiger partial charge in [0, 0.05) is 74.8 Å². The highest BCUT2D eigenvalue weighted by atomic mass is 32.1. The number of methoxy groups -OCH3 is 2. The Hall–Kier alpha value is -5.42. The summed E-state index contributed by atoms with van der Waals surface area (Å²) in [6.45, 7) is 15.2. The zero-order valence-corrected chi connectivity index (χ0v) is 47.6. The number of amides is 5. The second-order valence-electron chi connectivity index (χ2n) is 21.3. The number of hydrogen-bond donors (Lipinski definition) is 6. The van der Waals surface area contributed by atoms with Crippen LogP contribution in [0.4, 0.5) is 4.79 Å². The molecule has 77 heavy (non-hydrogen) atoms. The lowest BCUT2D eigenvalue weighted by Gasteiger charge is -2.41. The van der Waals surface area contributed by atoms with E-state index in [0.29, 0.717) is 52.8 Å². The molecule has 13 atom stereocenters. The number of likely N-dealkylation sites (N-methyl/N-ethyl adjacent to an activating group) is 2. The molecule has 2 aliphatic heterocycles. The number of nitrogens with zero attached hydrogens (tertiary/aromatic N) is 3. The Kier molecular flexibility index (Phi) is 23.1. The van der Waals surface area contributed by atoms with Crippen LogP contribution < -0.4 is 21.1 Å². The molecule has 2 saturated heterocycles. The summed E-state index contributed by atoms with van der Waals surface area (Å²) in [5, 5.41) is 37.3. The van der Waals surface area contributed by atoms with E-state index in [-0.39, 0.29) is 50.1 Å². The van der Waals surface area contributed by atoms with E-state index in [0.717, 1.165) is 4.88 Å². The molecule has 0 bridgehead atoms. The third-order valence-corrected chi connectivity index (χ3v) is 16.4. The minimum Gasteiger partial charge on any atom is -0.479 e. The van der Waals surface area contributed by atoms with E-state index in [4.69, 9.17) is 29.4 Å². The van der Waals surface area contributed by atoms with Gasteiger partial charge in [0.15, 0.2) is 6.10 Å². The van der Waals surface area contributed by atoms with Gasteiger partial charge < -0.3 is 65.2 Å². The number of carbonyl (C=O) groups is 6. The summed E-state index contributed by atoms with van der Waals surface area (Å²) in [4.78, 5) is 88.1. The molecule has 2 aromatic carbocycles. The van der Waals surface area contributed by atoms with Crippen molar-refractivity contribution < 1.29 is 67.8 Å². The number of carboxylic acid groups (broad SMARTS) is 1. The summed E-state index contributed by atoms with van der Waals surface area (Å²) in [5.41, 5.74) is 7.31. The number of thiophene rings is 1. The van der Waals surface area contributed by atoms with Crippen LogP contribution >= 0.6 is 11.3 Å². The van der Waals surface area contributed by atoms with Gasteiger partial charge in [0.25, 0.3) is 0 Å². The number of aliphatic carboxylic acids is 1. The first-order valence-corrected chi connectivity index (χ1v) is 27.6. The van der Waals surface area contributed by atoms with Gasteiger partial charge in [-0.25, -0.2) is 9.59 Å². The highest BCUT2D eigenvalue weighted by molar-refractivity contribution is 7.19. The van der Waals surface area contributed by atoms with Crippen molar-refractivity contribution in [1.29, 1.82) is 0 Å². The van der Waals surface area contributed by atoms with Crippen LogP contribution in [0.1, 0.15) is 116 Å². The van der Waals surface area contributed by atoms with Crippen LogP contribution in [0.3, 0.4) is 0 Å². The summed E-state index contributed by atoms with van der Waals surface area (Å²) >= 11 is 1.37. The fourth-order valence-corrected chi connectivity index (χ4v) is 11.7. The normalized spacial score (nSPS) is 21.3. The number of hydrogen-bond acceptors (Lipinski definition) is 15. The van der Waals surface area contributed by atoms with Crippen LogP contribution in [0.5, 0.6) is 5.75 Å². The van der Waals surface area contributed by atoms with Gasteiger partial charge in [-0.15, -0.1) is 11.3 Å². The highest BCUT2D eigenvalue weighted by Crippen LogP contribution is 2.38. The van der Waals surface area contributed by atoms with E-state index in [1.165, 1.54) is 37.5 Å². The van der Waals surface area contributed by atoms with Crippen molar-refractivity contribution in [2.45, 2.75) is 174 Å². The van der Waals surface area contributed by atoms with Crippen molar-refractivity contribution in [2.75, 3.05) is 34.9 Å². The third-order valence-electron chi connectivity index (χ3n) is 15.2. The van der Waals surface area contributed by atoms with Gasteiger partial charge in [-0.3, -0.25) is 24.1 Å². The number of carboxylic acids is 1. The maximum absolute atomic E-state index is 14.8. The van der Waals surface area contributed by atoms with E-state index >= 15 is 0 Å². The molecule has 0 radical (unpaired) electrons. The number of nitrogens with two attached hydrogens (primary N) is 1. The Balaban J connectivity index is 1.25. The monoisotopic (exact) mass is 1100 g/mol. The minimum atomic E-state index is -1.23. The molecule has 5 rings (SSSR count). The fourth-order valence-electron chi connectivity index (χ4n) is 10.7. The summed E-state index contributed by atoms with van der Waals surface area (Å²) < 4.78 is 30.3. The van der Waals surface area contributed by atoms with E-state index in [2.05, 4.69) is 10.6 Å². The maximum Gasteiger partial charge on any atom is 0.410 e. The zero-order valence-electron chi connectivity index (χ0n) is 46.8. The maximum atomic E-state index is 14.8. The molecule has 0 unspecified atom stereocenters. The van der Waals surface area contributed by atoms with Gasteiger partial charge in [0.2, 0.25) is 29.9 Å². The number of aliphatic hydroxyl groups is 2. The average Bonchev–Trinajstić information content (AvgIpc) is 4.09. The quantitative estimate of drug-likeness (QED) is 0.0573. The highest BCUT2D eigenvalue weighted by Gasteiger charge is 2.44. The third kappa shape index (κ3) is 15.4. The van der Waals surface area contributed by atoms with Gasteiger partial charge in [-0.2, -0.15) is 0 Å². The number of nitrogens with one attached hydrogen (secondary N) is 2. The van der Waals surface area contributed by atoms with Crippen LogP contribution in [-0.4, -0.2) is 161 Å². The summed E-state index contributed by atoms with van der Waals surface area (Å²) in [6, 6.07) is 10.6. The zero-order chi connectivity index (χ0) is 57.0. The van der Waals surface area contributed by atoms with Crippen LogP contribution in [0.2, 0.25) is 0 Å². The molecule has 1 aromatic heterocycles. The van der Waals surface area contributed by atoms with Crippen molar-refractivity contribution in [3.63, 3.8) is 0 Å². The minimum absolute atomic E-state index is 0.0563. The number of likely N-dealkylation sites (tertiary alicyclic amines) is 1. The van der Waals surface area contributed by atoms with Gasteiger partial charge in [0.1, 0.15) is 24.4 Å². The van der Waals surface area contributed by atoms with Crippen LogP contribution in [0, 0.1) is 23.7 Å². The first kappa shape index (κ1) is 62.4. The Bertz CT molecular complexity index is 2460. The second-order valence-corrected chi connectivity index (χ2v) is 22.5. The molecule has 0 aliphatic carbocycles. The smallest absolute Gasteiger partial charge is 0.410 e. The van der Waals surface area contributed by atoms with Crippen molar-refractivity contribution >= 4 is 57.1 Å². The molecule has 5 amide bonds. The molecular weight excluding hydrogens is 1010 g/mol. The first-order chi connectivity index (χ1) is 36.5. The lowest BCUT2D eigenvalue weighted by Crippen LogP contribution is -2.60. The predicted octanol–water partition coefficient (Wildman–Crippen LogP) is 5.58. The van der Waals surface area contributed by atoms with E-state index in [1.807, 2.05) is 52.0 Å². The molecule has 2 aliphatic rings. The number of benzene rings is 2. The molecular formula is C56H84N6O14S. The molecule has 7 N–H and O–H groups in total. The number of carbonyl (C=O) groups excluding carboxylic acids is 5. The Labute approximate surface area is 457 Å². The van der Waals surface area contributed by atoms with Crippen LogP contribution in [-0.2, 0) is 56.1 Å². The molecule has 0 saturated carbocycles. The SMILES string of the molecule is CC[C@H](C)[C@@H]([C@@H](CC(=O)N1CCC[C@H]1[C@H](OC)[C@@H](C)C(=O)N[C@H](C)[C@@H](O)c1ccccc1)OC)N(C)C(=O)[C@@H](NC(=O)[C@H](C(C)C)N(C)C(=O)OCc1ccc(O[C@H]2C[C@@H](O)C[C@@H](C(=O)O)O2)c2cc(CN)sc12)C(C)C.